The van der Waals surface area contributed by atoms with Crippen molar-refractivity contribution in [2.45, 2.75) is 26.9 Å². The summed E-state index contributed by atoms with van der Waals surface area (Å²) in [6.45, 7) is 13.7. The molecule has 2 aliphatic rings. The fourth-order valence-corrected chi connectivity index (χ4v) is 4.35. The predicted molar refractivity (Wildman–Crippen MR) is 154 cm³/mol. The van der Waals surface area contributed by atoms with E-state index in [4.69, 9.17) is 39.8 Å². The molecule has 0 spiro atoms. The Labute approximate surface area is 231 Å². The highest BCUT2D eigenvalue weighted by atomic mass is 32.3. The number of hydrogen-bond acceptors (Lipinski definition) is 6. The van der Waals surface area contributed by atoms with Gasteiger partial charge in [0.1, 0.15) is 0 Å². The normalized spacial score (nSPS) is 16.4. The number of piperazine rings is 2. The van der Waals surface area contributed by atoms with E-state index in [0.29, 0.717) is 0 Å². The van der Waals surface area contributed by atoms with Gasteiger partial charge in [-0.25, -0.2) is 0 Å². The zero-order valence-corrected chi connectivity index (χ0v) is 23.6. The van der Waals surface area contributed by atoms with E-state index in [1.807, 2.05) is 9.80 Å². The van der Waals surface area contributed by atoms with Crippen LogP contribution in [-0.4, -0.2) is 101 Å². The highest BCUT2D eigenvalue weighted by Gasteiger charge is 2.18. The quantitative estimate of drug-likeness (QED) is 0.180. The van der Waals surface area contributed by atoms with Crippen LogP contribution in [0.15, 0.2) is 48.5 Å². The fraction of sp³-hybridized carbons (Fsp3) is 0.462. The molecule has 0 bridgehead atoms. The molecule has 0 aromatic heterocycles. The summed E-state index contributed by atoms with van der Waals surface area (Å²) in [4.78, 5) is 8.69. The average Bonchev–Trinajstić information content (AvgIpc) is 2.87. The molecule has 4 rings (SSSR count). The molecule has 12 nitrogen and oxygen atoms in total. The van der Waals surface area contributed by atoms with E-state index in [1.54, 1.807) is 0 Å². The van der Waals surface area contributed by atoms with Crippen LogP contribution >= 0.6 is 0 Å². The van der Waals surface area contributed by atoms with Gasteiger partial charge in [0.15, 0.2) is 11.9 Å². The van der Waals surface area contributed by atoms with Crippen LogP contribution in [-0.2, 0) is 23.5 Å². The first kappa shape index (κ1) is 32.0. The Morgan fingerprint density at radius 1 is 0.692 bits per heavy atom. The Hall–Kier alpha value is -3.23. The minimum absolute atomic E-state index is 0.195. The van der Waals surface area contributed by atoms with E-state index in [1.165, 1.54) is 22.3 Å². The Morgan fingerprint density at radius 3 is 1.23 bits per heavy atom. The Morgan fingerprint density at radius 2 is 0.974 bits per heavy atom. The average molecular weight is 563 g/mol. The predicted octanol–water partition coefficient (Wildman–Crippen LogP) is 1.36. The Bertz CT molecular complexity index is 1090. The number of nitrogens with two attached hydrogens (primary N) is 2. The topological polar surface area (TPSA) is 187 Å². The summed E-state index contributed by atoms with van der Waals surface area (Å²) in [5, 5.41) is 14.8. The van der Waals surface area contributed by atoms with Crippen molar-refractivity contribution >= 4 is 22.3 Å². The van der Waals surface area contributed by atoms with Gasteiger partial charge >= 0.3 is 10.4 Å². The summed E-state index contributed by atoms with van der Waals surface area (Å²) in [5.74, 6) is 0.390. The molecule has 0 aliphatic carbocycles. The lowest BCUT2D eigenvalue weighted by Gasteiger charge is -2.35. The second kappa shape index (κ2) is 15.4. The molecule has 13 heteroatoms. The maximum Gasteiger partial charge on any atom is 0.394 e. The first-order valence-electron chi connectivity index (χ1n) is 12.7. The maximum atomic E-state index is 8.74. The lowest BCUT2D eigenvalue weighted by Crippen LogP contribution is -2.50. The van der Waals surface area contributed by atoms with Gasteiger partial charge in [-0.2, -0.15) is 8.42 Å². The van der Waals surface area contributed by atoms with Crippen LogP contribution in [0.25, 0.3) is 0 Å². The van der Waals surface area contributed by atoms with Crippen molar-refractivity contribution in [1.82, 2.24) is 19.6 Å². The zero-order chi connectivity index (χ0) is 29.0. The number of guanidine groups is 2. The maximum absolute atomic E-state index is 8.74. The van der Waals surface area contributed by atoms with Gasteiger partial charge in [-0.1, -0.05) is 48.5 Å². The molecule has 2 saturated heterocycles. The summed E-state index contributed by atoms with van der Waals surface area (Å²) < 4.78 is 31.6. The van der Waals surface area contributed by atoms with E-state index >= 15 is 0 Å². The molecule has 216 valence electrons. The molecule has 2 aromatic rings. The van der Waals surface area contributed by atoms with Crippen LogP contribution in [0.3, 0.4) is 0 Å². The van der Waals surface area contributed by atoms with Gasteiger partial charge in [0.2, 0.25) is 0 Å². The highest BCUT2D eigenvalue weighted by Crippen LogP contribution is 2.13. The van der Waals surface area contributed by atoms with Crippen LogP contribution in [0, 0.1) is 24.7 Å². The zero-order valence-electron chi connectivity index (χ0n) is 22.8. The van der Waals surface area contributed by atoms with Crippen molar-refractivity contribution in [2.75, 3.05) is 52.4 Å². The summed E-state index contributed by atoms with van der Waals surface area (Å²) in [6, 6.07) is 17.0. The number of nitrogens with zero attached hydrogens (tertiary/aromatic N) is 4. The minimum Gasteiger partial charge on any atom is -0.370 e. The molecule has 0 unspecified atom stereocenters. The van der Waals surface area contributed by atoms with Crippen LogP contribution in [0.4, 0.5) is 0 Å². The van der Waals surface area contributed by atoms with Gasteiger partial charge in [0, 0.05) is 65.4 Å². The largest absolute Gasteiger partial charge is 0.394 e. The number of rotatable bonds is 4. The van der Waals surface area contributed by atoms with E-state index < -0.39 is 10.4 Å². The molecule has 8 N–H and O–H groups in total. The summed E-state index contributed by atoms with van der Waals surface area (Å²) in [7, 11) is -4.67. The molecular weight excluding hydrogens is 520 g/mol. The monoisotopic (exact) mass is 562 g/mol. The highest BCUT2D eigenvalue weighted by molar-refractivity contribution is 7.79. The fourth-order valence-electron chi connectivity index (χ4n) is 4.35. The van der Waals surface area contributed by atoms with Crippen molar-refractivity contribution in [1.29, 1.82) is 10.8 Å². The molecule has 2 heterocycles. The number of hydrogen-bond donors (Lipinski definition) is 6. The van der Waals surface area contributed by atoms with Gasteiger partial charge in [0.05, 0.1) is 0 Å². The van der Waals surface area contributed by atoms with Gasteiger partial charge in [-0.15, -0.1) is 0 Å². The van der Waals surface area contributed by atoms with E-state index in [0.717, 1.165) is 65.4 Å². The Balaban J connectivity index is 0.000000234. The van der Waals surface area contributed by atoms with E-state index in [-0.39, 0.29) is 11.9 Å². The lowest BCUT2D eigenvalue weighted by molar-refractivity contribution is 0.173. The number of benzene rings is 2. The molecule has 0 saturated carbocycles. The van der Waals surface area contributed by atoms with Gasteiger partial charge < -0.3 is 21.3 Å². The lowest BCUT2D eigenvalue weighted by atomic mass is 10.1. The third kappa shape index (κ3) is 12.4. The van der Waals surface area contributed by atoms with Gasteiger partial charge in [0.25, 0.3) is 0 Å². The van der Waals surface area contributed by atoms with Gasteiger partial charge in [-0.3, -0.25) is 29.7 Å². The Kier molecular flexibility index (Phi) is 12.6. The molecule has 2 aromatic carbocycles. The van der Waals surface area contributed by atoms with Crippen molar-refractivity contribution in [3.05, 3.63) is 70.8 Å². The third-order valence-electron chi connectivity index (χ3n) is 6.74. The van der Waals surface area contributed by atoms with Crippen LogP contribution in [0.5, 0.6) is 0 Å². The first-order chi connectivity index (χ1) is 18.3. The summed E-state index contributed by atoms with van der Waals surface area (Å²) in [6.07, 6.45) is 0. The van der Waals surface area contributed by atoms with E-state index in [2.05, 4.69) is 72.2 Å². The molecule has 0 amide bonds. The second-order valence-electron chi connectivity index (χ2n) is 9.60. The van der Waals surface area contributed by atoms with Crippen LogP contribution in [0.1, 0.15) is 22.3 Å². The summed E-state index contributed by atoms with van der Waals surface area (Å²) >= 11 is 0. The minimum atomic E-state index is -4.67. The van der Waals surface area contributed by atoms with Gasteiger partial charge in [-0.05, 0) is 36.1 Å². The van der Waals surface area contributed by atoms with Crippen molar-refractivity contribution < 1.29 is 17.5 Å². The SMILES string of the molecule is Cc1ccccc1CN1CCN(C(=N)N)CC1.Cc1ccccc1CN1CCN(C(=N)N)CC1.O=S(=O)(O)O. The summed E-state index contributed by atoms with van der Waals surface area (Å²) in [5.41, 5.74) is 16.4. The van der Waals surface area contributed by atoms with Crippen molar-refractivity contribution in [3.63, 3.8) is 0 Å². The molecule has 0 radical (unpaired) electrons. The number of nitrogens with one attached hydrogen (secondary N) is 2. The second-order valence-corrected chi connectivity index (χ2v) is 10.5. The molecule has 2 aliphatic heterocycles. The smallest absolute Gasteiger partial charge is 0.370 e. The third-order valence-corrected chi connectivity index (χ3v) is 6.74. The standard InChI is InChI=1S/2C13H20N4.H2O4S/c2*1-11-4-2-3-5-12(11)10-16-6-8-17(9-7-16)13(14)15;1-5(2,3)4/h2*2-5H,6-10H2,1H3,(H3,14,15);(H2,1,2,3,4). The van der Waals surface area contributed by atoms with E-state index in [9.17, 15) is 0 Å². The number of aryl methyl sites for hydroxylation is 2. The molecule has 2 fully saturated rings. The van der Waals surface area contributed by atoms with Crippen molar-refractivity contribution in [3.8, 4) is 0 Å². The van der Waals surface area contributed by atoms with Crippen LogP contribution < -0.4 is 11.5 Å². The van der Waals surface area contributed by atoms with Crippen LogP contribution in [0.2, 0.25) is 0 Å². The van der Waals surface area contributed by atoms with Crippen molar-refractivity contribution in [2.24, 2.45) is 11.5 Å². The molecule has 39 heavy (non-hydrogen) atoms. The first-order valence-corrected chi connectivity index (χ1v) is 14.1. The molecule has 0 atom stereocenters. The molecular formula is C26H42N8O4S.